The number of carbonyl (C=O) groups is 1. The first-order valence-electron chi connectivity index (χ1n) is 9.34. The van der Waals surface area contributed by atoms with E-state index in [1.165, 1.54) is 12.5 Å². The zero-order valence-corrected chi connectivity index (χ0v) is 16.3. The number of ether oxygens (including phenoxy) is 2. The van der Waals surface area contributed by atoms with Crippen LogP contribution in [-0.2, 0) is 4.79 Å². The minimum atomic E-state index is -0.194. The van der Waals surface area contributed by atoms with Crippen molar-refractivity contribution in [1.29, 1.82) is 0 Å². The minimum absolute atomic E-state index is 0.194. The molecule has 0 saturated heterocycles. The van der Waals surface area contributed by atoms with Crippen LogP contribution >= 0.6 is 0 Å². The molecule has 0 bridgehead atoms. The fourth-order valence-corrected chi connectivity index (χ4v) is 2.52. The van der Waals surface area contributed by atoms with E-state index in [9.17, 15) is 4.79 Å². The van der Waals surface area contributed by atoms with Gasteiger partial charge in [0.05, 0.1) is 19.4 Å². The highest BCUT2D eigenvalue weighted by Crippen LogP contribution is 2.28. The van der Waals surface area contributed by atoms with Gasteiger partial charge in [0.1, 0.15) is 11.5 Å². The molecule has 27 heavy (non-hydrogen) atoms. The number of benzene rings is 2. The van der Waals surface area contributed by atoms with Gasteiger partial charge in [0.25, 0.3) is 0 Å². The summed E-state index contributed by atoms with van der Waals surface area (Å²) < 4.78 is 11.7. The smallest absolute Gasteiger partial charge is 0.236 e. The number of rotatable bonds is 10. The lowest BCUT2D eigenvalue weighted by molar-refractivity contribution is -0.118. The molecule has 0 aromatic heterocycles. The summed E-state index contributed by atoms with van der Waals surface area (Å²) >= 11 is 0. The number of hydrazone groups is 1. The predicted molar refractivity (Wildman–Crippen MR) is 109 cm³/mol. The molecule has 2 aromatic carbocycles. The third kappa shape index (κ3) is 7.13. The molecule has 0 heterocycles. The summed E-state index contributed by atoms with van der Waals surface area (Å²) in [4.78, 5) is 10.8. The van der Waals surface area contributed by atoms with Gasteiger partial charge in [-0.25, -0.2) is 5.43 Å². The largest absolute Gasteiger partial charge is 0.493 e. The van der Waals surface area contributed by atoms with Gasteiger partial charge in [0.15, 0.2) is 0 Å². The van der Waals surface area contributed by atoms with Crippen LogP contribution in [0, 0.1) is 0 Å². The van der Waals surface area contributed by atoms with Gasteiger partial charge in [-0.1, -0.05) is 32.0 Å². The third-order valence-electron chi connectivity index (χ3n) is 4.19. The normalized spacial score (nSPS) is 12.0. The molecular weight excluding hydrogens is 340 g/mol. The van der Waals surface area contributed by atoms with E-state index in [4.69, 9.17) is 9.47 Å². The van der Waals surface area contributed by atoms with E-state index in [1.54, 1.807) is 6.21 Å². The van der Waals surface area contributed by atoms with Gasteiger partial charge in [0, 0.05) is 13.3 Å². The first-order valence-corrected chi connectivity index (χ1v) is 9.34. The van der Waals surface area contributed by atoms with E-state index < -0.39 is 0 Å². The molecule has 1 unspecified atom stereocenters. The third-order valence-corrected chi connectivity index (χ3v) is 4.19. The summed E-state index contributed by atoms with van der Waals surface area (Å²) in [6.45, 7) is 7.03. The number of amides is 1. The average Bonchev–Trinajstić information content (AvgIpc) is 2.68. The Hall–Kier alpha value is -2.82. The number of nitrogens with one attached hydrogen (secondary N) is 1. The van der Waals surface area contributed by atoms with Gasteiger partial charge >= 0.3 is 0 Å². The van der Waals surface area contributed by atoms with Crippen molar-refractivity contribution in [2.24, 2.45) is 5.10 Å². The molecule has 0 aliphatic carbocycles. The van der Waals surface area contributed by atoms with Crippen LogP contribution in [0.25, 0.3) is 0 Å². The predicted octanol–water partition coefficient (Wildman–Crippen LogP) is 4.52. The number of hydrogen-bond donors (Lipinski definition) is 1. The lowest BCUT2D eigenvalue weighted by Gasteiger charge is -2.15. The molecule has 0 fully saturated rings. The van der Waals surface area contributed by atoms with Crippen molar-refractivity contribution < 1.29 is 14.3 Å². The van der Waals surface area contributed by atoms with Gasteiger partial charge in [-0.2, -0.15) is 5.10 Å². The summed E-state index contributed by atoms with van der Waals surface area (Å²) in [5.41, 5.74) is 4.52. The highest BCUT2D eigenvalue weighted by Gasteiger charge is 2.09. The zero-order valence-electron chi connectivity index (χ0n) is 16.3. The maximum absolute atomic E-state index is 10.8. The van der Waals surface area contributed by atoms with Crippen molar-refractivity contribution in [2.75, 3.05) is 13.2 Å². The molecule has 1 amide bonds. The van der Waals surface area contributed by atoms with Gasteiger partial charge in [-0.05, 0) is 53.8 Å². The summed E-state index contributed by atoms with van der Waals surface area (Å²) in [5, 5.41) is 3.83. The second-order valence-corrected chi connectivity index (χ2v) is 6.39. The van der Waals surface area contributed by atoms with Crippen LogP contribution in [0.2, 0.25) is 0 Å². The first kappa shape index (κ1) is 20.5. The van der Waals surface area contributed by atoms with Crippen molar-refractivity contribution >= 4 is 12.1 Å². The molecule has 0 radical (unpaired) electrons. The lowest BCUT2D eigenvalue weighted by Crippen LogP contribution is -2.12. The van der Waals surface area contributed by atoms with Crippen molar-refractivity contribution in [2.45, 2.75) is 39.5 Å². The Morgan fingerprint density at radius 2 is 1.81 bits per heavy atom. The van der Waals surface area contributed by atoms with Crippen LogP contribution in [0.5, 0.6) is 11.5 Å². The average molecular weight is 368 g/mol. The van der Waals surface area contributed by atoms with Crippen LogP contribution in [-0.4, -0.2) is 25.3 Å². The van der Waals surface area contributed by atoms with Gasteiger partial charge < -0.3 is 9.47 Å². The van der Waals surface area contributed by atoms with E-state index in [2.05, 4.69) is 36.5 Å². The molecule has 144 valence electrons. The Labute approximate surface area is 161 Å². The molecule has 5 nitrogen and oxygen atoms in total. The molecule has 2 aromatic rings. The SMILES string of the molecule is CCC(C)c1ccccc1OCCCOc1ccc(/C=N/NC(C)=O)cc1. The van der Waals surface area contributed by atoms with Gasteiger partial charge in [0.2, 0.25) is 5.91 Å². The van der Waals surface area contributed by atoms with Crippen LogP contribution in [0.1, 0.15) is 50.7 Å². The van der Waals surface area contributed by atoms with Crippen molar-refractivity contribution in [1.82, 2.24) is 5.43 Å². The van der Waals surface area contributed by atoms with Crippen molar-refractivity contribution in [3.05, 3.63) is 59.7 Å². The molecule has 0 spiro atoms. The molecule has 1 atom stereocenters. The number of carbonyl (C=O) groups excluding carboxylic acids is 1. The maximum Gasteiger partial charge on any atom is 0.236 e. The fraction of sp³-hybridized carbons (Fsp3) is 0.364. The molecule has 0 aliphatic heterocycles. The van der Waals surface area contributed by atoms with Crippen molar-refractivity contribution in [3.63, 3.8) is 0 Å². The van der Waals surface area contributed by atoms with Gasteiger partial charge in [-0.15, -0.1) is 0 Å². The highest BCUT2D eigenvalue weighted by molar-refractivity contribution is 5.81. The van der Waals surface area contributed by atoms with Gasteiger partial charge in [-0.3, -0.25) is 4.79 Å². The number of hydrogen-bond acceptors (Lipinski definition) is 4. The minimum Gasteiger partial charge on any atom is -0.493 e. The first-order chi connectivity index (χ1) is 13.1. The summed E-state index contributed by atoms with van der Waals surface area (Å²) in [7, 11) is 0. The number of para-hydroxylation sites is 1. The monoisotopic (exact) mass is 368 g/mol. The lowest BCUT2D eigenvalue weighted by atomic mass is 9.98. The van der Waals surface area contributed by atoms with Crippen LogP contribution < -0.4 is 14.9 Å². The second-order valence-electron chi connectivity index (χ2n) is 6.39. The fourth-order valence-electron chi connectivity index (χ4n) is 2.52. The Morgan fingerprint density at radius 3 is 2.52 bits per heavy atom. The molecule has 1 N–H and O–H groups in total. The Morgan fingerprint density at radius 1 is 1.11 bits per heavy atom. The molecule has 0 saturated carbocycles. The standard InChI is InChI=1S/C22H28N2O3/c1-4-17(2)21-8-5-6-9-22(21)27-15-7-14-26-20-12-10-19(11-13-20)16-23-24-18(3)25/h5-6,8-13,16-17H,4,7,14-15H2,1-3H3,(H,24,25)/b23-16+. The van der Waals surface area contributed by atoms with E-state index in [0.29, 0.717) is 19.1 Å². The molecule has 0 aliphatic rings. The quantitative estimate of drug-likeness (QED) is 0.381. The maximum atomic E-state index is 10.8. The summed E-state index contributed by atoms with van der Waals surface area (Å²) in [5.74, 6) is 2.06. The topological polar surface area (TPSA) is 59.9 Å². The van der Waals surface area contributed by atoms with Crippen LogP contribution in [0.4, 0.5) is 0 Å². The Bertz CT molecular complexity index is 741. The highest BCUT2D eigenvalue weighted by atomic mass is 16.5. The Balaban J connectivity index is 1.73. The Kier molecular flexibility index (Phi) is 8.36. The second kappa shape index (κ2) is 11.0. The zero-order chi connectivity index (χ0) is 19.5. The van der Waals surface area contributed by atoms with E-state index in [1.807, 2.05) is 36.4 Å². The number of nitrogens with zero attached hydrogens (tertiary/aromatic N) is 1. The van der Waals surface area contributed by atoms with Crippen molar-refractivity contribution in [3.8, 4) is 11.5 Å². The van der Waals surface area contributed by atoms with E-state index in [-0.39, 0.29) is 5.91 Å². The molecular formula is C22H28N2O3. The van der Waals surface area contributed by atoms with E-state index in [0.717, 1.165) is 29.9 Å². The van der Waals surface area contributed by atoms with E-state index >= 15 is 0 Å². The van der Waals surface area contributed by atoms with Crippen LogP contribution in [0.15, 0.2) is 53.6 Å². The summed E-state index contributed by atoms with van der Waals surface area (Å²) in [6.07, 6.45) is 3.49. The molecule has 2 rings (SSSR count). The van der Waals surface area contributed by atoms with Crippen LogP contribution in [0.3, 0.4) is 0 Å². The molecule has 5 heteroatoms. The summed E-state index contributed by atoms with van der Waals surface area (Å²) in [6, 6.07) is 15.8.